The van der Waals surface area contributed by atoms with Gasteiger partial charge in [-0.15, -0.1) is 0 Å². The second kappa shape index (κ2) is 10.9. The van der Waals surface area contributed by atoms with Crippen molar-refractivity contribution in [2.45, 2.75) is 19.5 Å². The molecule has 0 saturated carbocycles. The summed E-state index contributed by atoms with van der Waals surface area (Å²) in [6.07, 6.45) is 0. The second-order valence-corrected chi connectivity index (χ2v) is 6.89. The molecule has 156 valence electrons. The van der Waals surface area contributed by atoms with E-state index < -0.39 is 0 Å². The van der Waals surface area contributed by atoms with E-state index in [2.05, 4.69) is 20.5 Å². The Morgan fingerprint density at radius 1 is 1.10 bits per heavy atom. The van der Waals surface area contributed by atoms with Crippen molar-refractivity contribution < 1.29 is 13.5 Å². The van der Waals surface area contributed by atoms with E-state index in [0.29, 0.717) is 37.8 Å². The van der Waals surface area contributed by atoms with Crippen LogP contribution in [0.5, 0.6) is 0 Å². The Bertz CT molecular complexity index is 809. The van der Waals surface area contributed by atoms with Gasteiger partial charge in [0.2, 0.25) is 0 Å². The van der Waals surface area contributed by atoms with Crippen LogP contribution in [0.2, 0.25) is 0 Å². The average molecular weight is 402 g/mol. The van der Waals surface area contributed by atoms with E-state index in [4.69, 9.17) is 4.74 Å². The first-order valence-electron chi connectivity index (χ1n) is 10.00. The fraction of sp³-hybridized carbons (Fsp3) is 0.409. The Morgan fingerprint density at radius 2 is 1.90 bits per heavy atom. The third-order valence-electron chi connectivity index (χ3n) is 4.89. The number of halogens is 2. The van der Waals surface area contributed by atoms with Crippen LogP contribution in [-0.2, 0) is 11.3 Å². The molecule has 29 heavy (non-hydrogen) atoms. The summed E-state index contributed by atoms with van der Waals surface area (Å²) in [5.74, 6) is 0.0874. The molecule has 0 bridgehead atoms. The first-order valence-corrected chi connectivity index (χ1v) is 10.00. The molecule has 1 unspecified atom stereocenters. The Labute approximate surface area is 170 Å². The molecule has 1 saturated heterocycles. The monoisotopic (exact) mass is 402 g/mol. The zero-order valence-electron chi connectivity index (χ0n) is 16.7. The maximum Gasteiger partial charge on any atom is 0.191 e. The van der Waals surface area contributed by atoms with E-state index >= 15 is 0 Å². The van der Waals surface area contributed by atoms with Crippen LogP contribution in [0.25, 0.3) is 0 Å². The van der Waals surface area contributed by atoms with Gasteiger partial charge >= 0.3 is 0 Å². The van der Waals surface area contributed by atoms with Crippen LogP contribution < -0.4 is 10.6 Å². The summed E-state index contributed by atoms with van der Waals surface area (Å²) in [7, 11) is 0. The number of aliphatic imine (C=N–C) groups is 1. The summed E-state index contributed by atoms with van der Waals surface area (Å²) in [6.45, 7) is 6.34. The molecule has 0 aliphatic carbocycles. The van der Waals surface area contributed by atoms with Crippen molar-refractivity contribution in [3.8, 4) is 0 Å². The van der Waals surface area contributed by atoms with Gasteiger partial charge in [0.15, 0.2) is 5.96 Å². The predicted molar refractivity (Wildman–Crippen MR) is 111 cm³/mol. The lowest BCUT2D eigenvalue weighted by Crippen LogP contribution is -2.46. The highest BCUT2D eigenvalue weighted by molar-refractivity contribution is 5.79. The first kappa shape index (κ1) is 21.2. The van der Waals surface area contributed by atoms with Crippen molar-refractivity contribution in [2.24, 2.45) is 4.99 Å². The van der Waals surface area contributed by atoms with Crippen molar-refractivity contribution >= 4 is 5.96 Å². The van der Waals surface area contributed by atoms with Crippen molar-refractivity contribution in [1.29, 1.82) is 0 Å². The van der Waals surface area contributed by atoms with Crippen molar-refractivity contribution in [3.05, 3.63) is 71.3 Å². The third-order valence-corrected chi connectivity index (χ3v) is 4.89. The minimum atomic E-state index is -0.266. The zero-order chi connectivity index (χ0) is 20.5. The summed E-state index contributed by atoms with van der Waals surface area (Å²) in [5.41, 5.74) is 1.45. The molecule has 1 heterocycles. The molecule has 1 aliphatic heterocycles. The topological polar surface area (TPSA) is 48.9 Å². The lowest BCUT2D eigenvalue weighted by Gasteiger charge is -2.35. The predicted octanol–water partition coefficient (Wildman–Crippen LogP) is 3.09. The van der Waals surface area contributed by atoms with E-state index in [1.165, 1.54) is 12.1 Å². The minimum Gasteiger partial charge on any atom is -0.379 e. The number of hydrogen-bond donors (Lipinski definition) is 2. The van der Waals surface area contributed by atoms with Gasteiger partial charge in [-0.25, -0.2) is 13.8 Å². The summed E-state index contributed by atoms with van der Waals surface area (Å²) >= 11 is 0. The molecular formula is C22H28F2N4O. The van der Waals surface area contributed by atoms with Gasteiger partial charge < -0.3 is 15.4 Å². The fourth-order valence-corrected chi connectivity index (χ4v) is 3.39. The molecule has 2 aromatic carbocycles. The Morgan fingerprint density at radius 3 is 2.62 bits per heavy atom. The largest absolute Gasteiger partial charge is 0.379 e. The molecule has 0 amide bonds. The van der Waals surface area contributed by atoms with Crippen LogP contribution in [0.1, 0.15) is 24.1 Å². The summed E-state index contributed by atoms with van der Waals surface area (Å²) in [5, 5.41) is 6.53. The Hall–Kier alpha value is -2.51. The molecule has 1 atom stereocenters. The Balaban J connectivity index is 1.72. The van der Waals surface area contributed by atoms with Crippen LogP contribution in [-0.4, -0.2) is 50.3 Å². The highest BCUT2D eigenvalue weighted by Gasteiger charge is 2.23. The number of morpholine rings is 1. The van der Waals surface area contributed by atoms with E-state index in [-0.39, 0.29) is 24.2 Å². The van der Waals surface area contributed by atoms with Crippen molar-refractivity contribution in [2.75, 3.05) is 39.4 Å². The van der Waals surface area contributed by atoms with Crippen LogP contribution in [0.3, 0.4) is 0 Å². The van der Waals surface area contributed by atoms with Gasteiger partial charge in [0, 0.05) is 31.7 Å². The van der Waals surface area contributed by atoms with Gasteiger partial charge in [0.25, 0.3) is 0 Å². The maximum absolute atomic E-state index is 13.9. The molecule has 7 heteroatoms. The maximum atomic E-state index is 13.9. The number of nitrogens with one attached hydrogen (secondary N) is 2. The van der Waals surface area contributed by atoms with Gasteiger partial charge in [-0.05, 0) is 30.7 Å². The molecule has 2 aromatic rings. The first-order chi connectivity index (χ1) is 14.2. The van der Waals surface area contributed by atoms with Crippen molar-refractivity contribution in [1.82, 2.24) is 15.5 Å². The van der Waals surface area contributed by atoms with E-state index in [1.54, 1.807) is 30.3 Å². The van der Waals surface area contributed by atoms with Crippen LogP contribution in [0, 0.1) is 11.6 Å². The highest BCUT2D eigenvalue weighted by atomic mass is 19.1. The Kier molecular flexibility index (Phi) is 7.95. The zero-order valence-corrected chi connectivity index (χ0v) is 16.7. The molecule has 2 N–H and O–H groups in total. The quantitative estimate of drug-likeness (QED) is 0.552. The van der Waals surface area contributed by atoms with Crippen LogP contribution in [0.15, 0.2) is 53.5 Å². The smallest absolute Gasteiger partial charge is 0.191 e. The molecule has 0 radical (unpaired) electrons. The molecule has 1 aliphatic rings. The van der Waals surface area contributed by atoms with Gasteiger partial charge in [-0.3, -0.25) is 4.90 Å². The van der Waals surface area contributed by atoms with Crippen LogP contribution >= 0.6 is 0 Å². The highest BCUT2D eigenvalue weighted by Crippen LogP contribution is 2.22. The fourth-order valence-electron chi connectivity index (χ4n) is 3.39. The van der Waals surface area contributed by atoms with Gasteiger partial charge in [0.1, 0.15) is 11.6 Å². The molecular weight excluding hydrogens is 374 g/mol. The molecule has 3 rings (SSSR count). The van der Waals surface area contributed by atoms with Gasteiger partial charge in [-0.1, -0.05) is 30.3 Å². The molecule has 0 spiro atoms. The SMILES string of the molecule is CCNC(=NCc1ccccc1F)NCC(c1cccc(F)c1)N1CCOCC1. The number of guanidine groups is 1. The molecule has 5 nitrogen and oxygen atoms in total. The van der Waals surface area contributed by atoms with E-state index in [0.717, 1.165) is 18.7 Å². The second-order valence-electron chi connectivity index (χ2n) is 6.89. The summed E-state index contributed by atoms with van der Waals surface area (Å²) in [6, 6.07) is 13.3. The van der Waals surface area contributed by atoms with Gasteiger partial charge in [0.05, 0.1) is 25.8 Å². The standard InChI is InChI=1S/C22H28F2N4O/c1-2-25-22(26-15-18-6-3-4-9-20(18)24)27-16-21(28-10-12-29-13-11-28)17-7-5-8-19(23)14-17/h3-9,14,21H,2,10-13,15-16H2,1H3,(H2,25,26,27). The lowest BCUT2D eigenvalue weighted by molar-refractivity contribution is 0.0169. The molecule has 0 aromatic heterocycles. The third kappa shape index (κ3) is 6.24. The number of nitrogens with zero attached hydrogens (tertiary/aromatic N) is 2. The number of rotatable bonds is 7. The minimum absolute atomic E-state index is 0.0214. The van der Waals surface area contributed by atoms with Crippen molar-refractivity contribution in [3.63, 3.8) is 0 Å². The number of benzene rings is 2. The number of ether oxygens (including phenoxy) is 1. The van der Waals surface area contributed by atoms with E-state index in [9.17, 15) is 8.78 Å². The van der Waals surface area contributed by atoms with Crippen LogP contribution in [0.4, 0.5) is 8.78 Å². The lowest BCUT2D eigenvalue weighted by atomic mass is 10.0. The van der Waals surface area contributed by atoms with E-state index in [1.807, 2.05) is 13.0 Å². The summed E-state index contributed by atoms with van der Waals surface area (Å²) < 4.78 is 33.2. The van der Waals surface area contributed by atoms with Gasteiger partial charge in [-0.2, -0.15) is 0 Å². The molecule has 1 fully saturated rings. The average Bonchev–Trinajstić information content (AvgIpc) is 2.74. The normalized spacial score (nSPS) is 16.4. The summed E-state index contributed by atoms with van der Waals surface area (Å²) in [4.78, 5) is 6.79. The number of hydrogen-bond acceptors (Lipinski definition) is 3.